The van der Waals surface area contributed by atoms with Crippen molar-refractivity contribution >= 4 is 35.5 Å². The van der Waals surface area contributed by atoms with Gasteiger partial charge in [-0.15, -0.1) is 0 Å². The molecule has 0 spiro atoms. The molecule has 0 aromatic heterocycles. The molecular weight excluding hydrogens is 422 g/mol. The zero-order chi connectivity index (χ0) is 23.3. The average molecular weight is 443 g/mol. The number of Topliss-reactive ketones (excluding diaryl/α,β-unsaturated/α-hetero) is 1. The summed E-state index contributed by atoms with van der Waals surface area (Å²) in [5.41, 5.74) is 1.85. The SMILES string of the molecule is CC(=O)Oc1ccc(C(=O)[C@@H]2[C@@H]3C(=O)N(c4ccc(C)cc4)C(=O)[C@H]3[C@@H]3C=CC=NN23)cc1. The van der Waals surface area contributed by atoms with Crippen LogP contribution in [0.5, 0.6) is 5.75 Å². The predicted octanol–water partition coefficient (Wildman–Crippen LogP) is 2.52. The first-order chi connectivity index (χ1) is 15.9. The van der Waals surface area contributed by atoms with E-state index in [0.717, 1.165) is 5.56 Å². The molecule has 8 heteroatoms. The number of ketones is 1. The van der Waals surface area contributed by atoms with Crippen molar-refractivity contribution in [2.75, 3.05) is 4.90 Å². The molecule has 2 amide bonds. The van der Waals surface area contributed by atoms with E-state index >= 15 is 0 Å². The van der Waals surface area contributed by atoms with Crippen molar-refractivity contribution in [3.05, 3.63) is 71.8 Å². The summed E-state index contributed by atoms with van der Waals surface area (Å²) in [6, 6.07) is 11.9. The minimum Gasteiger partial charge on any atom is -0.427 e. The number of hydrogen-bond acceptors (Lipinski definition) is 7. The van der Waals surface area contributed by atoms with Crippen LogP contribution in [0.25, 0.3) is 0 Å². The van der Waals surface area contributed by atoms with E-state index < -0.39 is 35.8 Å². The summed E-state index contributed by atoms with van der Waals surface area (Å²) in [6.45, 7) is 3.22. The summed E-state index contributed by atoms with van der Waals surface area (Å²) < 4.78 is 5.03. The molecule has 8 nitrogen and oxygen atoms in total. The lowest BCUT2D eigenvalue weighted by molar-refractivity contribution is -0.132. The summed E-state index contributed by atoms with van der Waals surface area (Å²) in [7, 11) is 0. The monoisotopic (exact) mass is 443 g/mol. The molecule has 3 aliphatic heterocycles. The van der Waals surface area contributed by atoms with Gasteiger partial charge in [0.1, 0.15) is 11.8 Å². The number of fused-ring (bicyclic) bond motifs is 3. The van der Waals surface area contributed by atoms with Crippen LogP contribution in [-0.2, 0) is 14.4 Å². The topological polar surface area (TPSA) is 96.3 Å². The van der Waals surface area contributed by atoms with E-state index in [-0.39, 0.29) is 11.7 Å². The fourth-order valence-corrected chi connectivity index (χ4v) is 4.81. The number of imide groups is 1. The van der Waals surface area contributed by atoms with Crippen LogP contribution in [0.2, 0.25) is 0 Å². The third kappa shape index (κ3) is 3.34. The summed E-state index contributed by atoms with van der Waals surface area (Å²) in [4.78, 5) is 52.9. The number of ether oxygens (including phenoxy) is 1. The van der Waals surface area contributed by atoms with Crippen LogP contribution in [-0.4, -0.2) is 46.9 Å². The maximum atomic E-state index is 13.6. The minimum atomic E-state index is -0.923. The Morgan fingerprint density at radius 2 is 1.61 bits per heavy atom. The van der Waals surface area contributed by atoms with E-state index in [1.807, 2.05) is 25.1 Å². The molecule has 5 rings (SSSR count). The van der Waals surface area contributed by atoms with Crippen LogP contribution < -0.4 is 9.64 Å². The van der Waals surface area contributed by atoms with Crippen molar-refractivity contribution in [3.63, 3.8) is 0 Å². The molecule has 0 saturated carbocycles. The van der Waals surface area contributed by atoms with Gasteiger partial charge in [0.05, 0.1) is 23.6 Å². The summed E-state index contributed by atoms with van der Waals surface area (Å²) >= 11 is 0. The van der Waals surface area contributed by atoms with E-state index in [1.54, 1.807) is 41.6 Å². The van der Waals surface area contributed by atoms with Gasteiger partial charge in [-0.3, -0.25) is 24.2 Å². The van der Waals surface area contributed by atoms with E-state index in [0.29, 0.717) is 17.0 Å². The second kappa shape index (κ2) is 7.81. The second-order valence-corrected chi connectivity index (χ2v) is 8.35. The van der Waals surface area contributed by atoms with Crippen LogP contribution >= 0.6 is 0 Å². The highest BCUT2D eigenvalue weighted by Gasteiger charge is 2.64. The third-order valence-electron chi connectivity index (χ3n) is 6.25. The van der Waals surface area contributed by atoms with Crippen LogP contribution in [0, 0.1) is 18.8 Å². The number of amides is 2. The highest BCUT2D eigenvalue weighted by Crippen LogP contribution is 2.46. The number of carbonyl (C=O) groups is 4. The van der Waals surface area contributed by atoms with Crippen molar-refractivity contribution in [3.8, 4) is 5.75 Å². The average Bonchev–Trinajstić information content (AvgIpc) is 3.27. The number of hydrogen-bond donors (Lipinski definition) is 0. The number of anilines is 1. The second-order valence-electron chi connectivity index (χ2n) is 8.35. The number of benzene rings is 2. The van der Waals surface area contributed by atoms with Gasteiger partial charge in [0.25, 0.3) is 0 Å². The van der Waals surface area contributed by atoms with Gasteiger partial charge in [-0.1, -0.05) is 23.8 Å². The van der Waals surface area contributed by atoms with Gasteiger partial charge in [0, 0.05) is 18.7 Å². The molecule has 0 radical (unpaired) electrons. The van der Waals surface area contributed by atoms with Gasteiger partial charge in [-0.05, 0) is 49.4 Å². The Morgan fingerprint density at radius 1 is 0.939 bits per heavy atom. The Morgan fingerprint density at radius 3 is 2.27 bits per heavy atom. The Kier molecular flexibility index (Phi) is 4.92. The Hall–Kier alpha value is -4.07. The fraction of sp³-hybridized carbons (Fsp3) is 0.240. The zero-order valence-electron chi connectivity index (χ0n) is 18.0. The molecule has 0 bridgehead atoms. The molecule has 2 aromatic carbocycles. The number of hydrazone groups is 1. The van der Waals surface area contributed by atoms with E-state index in [1.165, 1.54) is 24.0 Å². The lowest BCUT2D eigenvalue weighted by Gasteiger charge is -2.30. The van der Waals surface area contributed by atoms with Gasteiger partial charge in [-0.25, -0.2) is 4.90 Å². The molecule has 0 unspecified atom stereocenters. The summed E-state index contributed by atoms with van der Waals surface area (Å²) in [5.74, 6) is -2.76. The molecule has 33 heavy (non-hydrogen) atoms. The first-order valence-electron chi connectivity index (χ1n) is 10.6. The molecular formula is C25H21N3O5. The number of esters is 1. The zero-order valence-corrected chi connectivity index (χ0v) is 18.0. The number of aryl methyl sites for hydroxylation is 1. The van der Waals surface area contributed by atoms with Gasteiger partial charge in [-0.2, -0.15) is 5.10 Å². The lowest BCUT2D eigenvalue weighted by Crippen LogP contribution is -2.46. The van der Waals surface area contributed by atoms with Crippen LogP contribution in [0.1, 0.15) is 22.8 Å². The molecule has 0 N–H and O–H groups in total. The number of carbonyl (C=O) groups excluding carboxylic acids is 4. The largest absolute Gasteiger partial charge is 0.427 e. The van der Waals surface area contributed by atoms with Crippen molar-refractivity contribution < 1.29 is 23.9 Å². The van der Waals surface area contributed by atoms with Crippen molar-refractivity contribution in [2.45, 2.75) is 25.9 Å². The van der Waals surface area contributed by atoms with Crippen molar-refractivity contribution in [2.24, 2.45) is 16.9 Å². The van der Waals surface area contributed by atoms with E-state index in [2.05, 4.69) is 5.10 Å². The smallest absolute Gasteiger partial charge is 0.308 e. The van der Waals surface area contributed by atoms with E-state index in [9.17, 15) is 19.2 Å². The van der Waals surface area contributed by atoms with Crippen LogP contribution in [0.15, 0.2) is 65.8 Å². The number of rotatable bonds is 4. The van der Waals surface area contributed by atoms with Crippen molar-refractivity contribution in [1.82, 2.24) is 5.01 Å². The van der Waals surface area contributed by atoms with Gasteiger partial charge >= 0.3 is 5.97 Å². The van der Waals surface area contributed by atoms with Gasteiger partial charge in [0.15, 0.2) is 5.78 Å². The summed E-state index contributed by atoms with van der Waals surface area (Å²) in [5, 5.41) is 5.91. The normalized spacial score (nSPS) is 25.3. The minimum absolute atomic E-state index is 0.317. The lowest BCUT2D eigenvalue weighted by atomic mass is 9.86. The quantitative estimate of drug-likeness (QED) is 0.312. The van der Waals surface area contributed by atoms with Gasteiger partial charge in [0.2, 0.25) is 11.8 Å². The Bertz CT molecular complexity index is 1220. The molecule has 3 aliphatic rings. The molecule has 2 saturated heterocycles. The first-order valence-corrected chi connectivity index (χ1v) is 10.6. The van der Waals surface area contributed by atoms with Crippen LogP contribution in [0.3, 0.4) is 0 Å². The Balaban J connectivity index is 1.51. The van der Waals surface area contributed by atoms with Crippen LogP contribution in [0.4, 0.5) is 5.69 Å². The third-order valence-corrected chi connectivity index (χ3v) is 6.25. The molecule has 3 heterocycles. The standard InChI is InChI=1S/C25H21N3O5/c1-14-5-9-17(10-6-14)27-24(31)20-19-4-3-13-26-28(19)22(21(20)25(27)32)23(30)16-7-11-18(12-8-16)33-15(2)29/h3-13,19-22H,1-2H3/t19-,20-,21+,22-/m0/s1. The molecule has 0 aliphatic carbocycles. The maximum absolute atomic E-state index is 13.6. The maximum Gasteiger partial charge on any atom is 0.308 e. The van der Waals surface area contributed by atoms with Gasteiger partial charge < -0.3 is 4.74 Å². The fourth-order valence-electron chi connectivity index (χ4n) is 4.81. The molecule has 2 aromatic rings. The number of nitrogens with zero attached hydrogens (tertiary/aromatic N) is 3. The molecule has 2 fully saturated rings. The summed E-state index contributed by atoms with van der Waals surface area (Å²) in [6.07, 6.45) is 5.09. The Labute approximate surface area is 190 Å². The molecule has 166 valence electrons. The molecule has 4 atom stereocenters. The first kappa shape index (κ1) is 20.8. The predicted molar refractivity (Wildman–Crippen MR) is 120 cm³/mol. The highest BCUT2D eigenvalue weighted by molar-refractivity contribution is 6.24. The number of allylic oxidation sites excluding steroid dienone is 1. The van der Waals surface area contributed by atoms with Crippen molar-refractivity contribution in [1.29, 1.82) is 0 Å². The highest BCUT2D eigenvalue weighted by atomic mass is 16.5. The van der Waals surface area contributed by atoms with E-state index in [4.69, 9.17) is 4.74 Å².